The predicted octanol–water partition coefficient (Wildman–Crippen LogP) is 6.27. The minimum atomic E-state index is -1.43. The van der Waals surface area contributed by atoms with E-state index >= 15 is 0 Å². The summed E-state index contributed by atoms with van der Waals surface area (Å²) in [6.07, 6.45) is 2.26. The van der Waals surface area contributed by atoms with Crippen LogP contribution in [-0.4, -0.2) is 17.5 Å². The molecule has 4 nitrogen and oxygen atoms in total. The van der Waals surface area contributed by atoms with E-state index < -0.39 is 28.8 Å². The minimum Gasteiger partial charge on any atom is -0.493 e. The van der Waals surface area contributed by atoms with Crippen LogP contribution in [0.2, 0.25) is 0 Å². The summed E-state index contributed by atoms with van der Waals surface area (Å²) in [5.74, 6) is -4.39. The number of aryl methyl sites for hydroxylation is 1. The molecule has 0 saturated heterocycles. The SMILES string of the molecule is CCc1c(C(=O)N[C@H]2CCOc3ccccc32)cnc2c(-c3cc(F)cc(F)c3F)c(F)ccc12. The minimum absolute atomic E-state index is 0.0127. The molecule has 1 aliphatic rings. The van der Waals surface area contributed by atoms with E-state index in [0.29, 0.717) is 42.2 Å². The lowest BCUT2D eigenvalue weighted by Crippen LogP contribution is -2.32. The lowest BCUT2D eigenvalue weighted by Gasteiger charge is -2.27. The molecule has 2 heterocycles. The Hall–Kier alpha value is -3.94. The Morgan fingerprint density at radius 1 is 1.09 bits per heavy atom. The molecule has 0 aliphatic carbocycles. The molecule has 0 spiro atoms. The van der Waals surface area contributed by atoms with Crippen molar-refractivity contribution in [2.45, 2.75) is 25.8 Å². The van der Waals surface area contributed by atoms with Gasteiger partial charge in [0.15, 0.2) is 11.6 Å². The number of fused-ring (bicyclic) bond motifs is 2. The fourth-order valence-electron chi connectivity index (χ4n) is 4.59. The van der Waals surface area contributed by atoms with Crippen LogP contribution < -0.4 is 10.1 Å². The largest absolute Gasteiger partial charge is 0.493 e. The number of pyridine rings is 1. The number of nitrogens with zero attached hydrogens (tertiary/aromatic N) is 1. The third-order valence-electron chi connectivity index (χ3n) is 6.22. The van der Waals surface area contributed by atoms with Gasteiger partial charge in [0.1, 0.15) is 17.4 Å². The van der Waals surface area contributed by atoms with Gasteiger partial charge in [0.2, 0.25) is 0 Å². The second-order valence-corrected chi connectivity index (χ2v) is 8.27. The van der Waals surface area contributed by atoms with Crippen molar-refractivity contribution in [2.24, 2.45) is 0 Å². The second-order valence-electron chi connectivity index (χ2n) is 8.27. The van der Waals surface area contributed by atoms with Crippen LogP contribution in [0.3, 0.4) is 0 Å². The first-order valence-electron chi connectivity index (χ1n) is 11.2. The molecule has 178 valence electrons. The van der Waals surface area contributed by atoms with Crippen molar-refractivity contribution in [2.75, 3.05) is 6.61 Å². The molecule has 0 unspecified atom stereocenters. The van der Waals surface area contributed by atoms with Gasteiger partial charge < -0.3 is 10.1 Å². The highest BCUT2D eigenvalue weighted by molar-refractivity contribution is 6.03. The zero-order valence-electron chi connectivity index (χ0n) is 18.7. The standard InChI is InChI=1S/C27H20F4N2O2/c1-2-15-16-7-8-20(29)24(18-11-14(28)12-21(30)25(18)31)26(16)32-13-19(15)27(34)33-22-9-10-35-23-6-4-3-5-17(22)23/h3-8,11-13,22H,2,9-10H2,1H3,(H,33,34)/t22-/m0/s1. The summed E-state index contributed by atoms with van der Waals surface area (Å²) >= 11 is 0. The van der Waals surface area contributed by atoms with Gasteiger partial charge in [-0.2, -0.15) is 0 Å². The predicted molar refractivity (Wildman–Crippen MR) is 123 cm³/mol. The molecule has 3 aromatic carbocycles. The number of para-hydroxylation sites is 1. The molecule has 0 radical (unpaired) electrons. The molecular weight excluding hydrogens is 460 g/mol. The summed E-state index contributed by atoms with van der Waals surface area (Å²) < 4.78 is 62.8. The number of benzene rings is 3. The van der Waals surface area contributed by atoms with Gasteiger partial charge in [0.25, 0.3) is 5.91 Å². The zero-order valence-corrected chi connectivity index (χ0v) is 18.7. The number of rotatable bonds is 4. The van der Waals surface area contributed by atoms with E-state index in [1.54, 1.807) is 0 Å². The number of hydrogen-bond acceptors (Lipinski definition) is 3. The van der Waals surface area contributed by atoms with E-state index in [-0.39, 0.29) is 28.6 Å². The van der Waals surface area contributed by atoms with Crippen molar-refractivity contribution < 1.29 is 27.1 Å². The van der Waals surface area contributed by atoms with Gasteiger partial charge in [0.05, 0.1) is 23.7 Å². The number of hydrogen-bond donors (Lipinski definition) is 1. The van der Waals surface area contributed by atoms with E-state index in [9.17, 15) is 22.4 Å². The van der Waals surface area contributed by atoms with Crippen molar-refractivity contribution in [1.29, 1.82) is 0 Å². The van der Waals surface area contributed by atoms with Crippen LogP contribution in [0.15, 0.2) is 54.7 Å². The molecule has 8 heteroatoms. The van der Waals surface area contributed by atoms with Crippen LogP contribution in [0.4, 0.5) is 17.6 Å². The number of nitrogens with one attached hydrogen (secondary N) is 1. The quantitative estimate of drug-likeness (QED) is 0.277. The lowest BCUT2D eigenvalue weighted by atomic mass is 9.94. The van der Waals surface area contributed by atoms with Gasteiger partial charge in [-0.05, 0) is 36.2 Å². The summed E-state index contributed by atoms with van der Waals surface area (Å²) in [7, 11) is 0. The van der Waals surface area contributed by atoms with E-state index in [1.807, 2.05) is 31.2 Å². The summed E-state index contributed by atoms with van der Waals surface area (Å²) in [5, 5.41) is 3.42. The maximum Gasteiger partial charge on any atom is 0.253 e. The Morgan fingerprint density at radius 2 is 1.89 bits per heavy atom. The van der Waals surface area contributed by atoms with Crippen molar-refractivity contribution in [3.8, 4) is 16.9 Å². The molecule has 1 aliphatic heterocycles. The zero-order chi connectivity index (χ0) is 24.7. The molecule has 0 fully saturated rings. The molecule has 0 saturated carbocycles. The van der Waals surface area contributed by atoms with Gasteiger partial charge in [-0.25, -0.2) is 17.6 Å². The monoisotopic (exact) mass is 480 g/mol. The molecule has 5 rings (SSSR count). The van der Waals surface area contributed by atoms with E-state index in [0.717, 1.165) is 17.7 Å². The summed E-state index contributed by atoms with van der Waals surface area (Å²) in [6.45, 7) is 2.28. The molecule has 1 N–H and O–H groups in total. The number of aromatic nitrogens is 1. The Morgan fingerprint density at radius 3 is 2.69 bits per heavy atom. The summed E-state index contributed by atoms with van der Waals surface area (Å²) in [6, 6.07) is 10.8. The van der Waals surface area contributed by atoms with Crippen LogP contribution >= 0.6 is 0 Å². The van der Waals surface area contributed by atoms with E-state index in [1.165, 1.54) is 12.3 Å². The summed E-state index contributed by atoms with van der Waals surface area (Å²) in [5.41, 5.74) is 0.791. The van der Waals surface area contributed by atoms with Crippen molar-refractivity contribution in [3.63, 3.8) is 0 Å². The summed E-state index contributed by atoms with van der Waals surface area (Å²) in [4.78, 5) is 17.5. The number of halogens is 4. The first-order chi connectivity index (χ1) is 16.9. The van der Waals surface area contributed by atoms with Gasteiger partial charge in [-0.15, -0.1) is 0 Å². The third kappa shape index (κ3) is 3.99. The number of carbonyl (C=O) groups is 1. The number of ether oxygens (including phenoxy) is 1. The Balaban J connectivity index is 1.60. The fraction of sp³-hybridized carbons (Fsp3) is 0.185. The van der Waals surface area contributed by atoms with Gasteiger partial charge in [-0.1, -0.05) is 25.1 Å². The van der Waals surface area contributed by atoms with Crippen LogP contribution in [0, 0.1) is 23.3 Å². The smallest absolute Gasteiger partial charge is 0.253 e. The van der Waals surface area contributed by atoms with Gasteiger partial charge in [-0.3, -0.25) is 9.78 Å². The van der Waals surface area contributed by atoms with Crippen molar-refractivity contribution in [1.82, 2.24) is 10.3 Å². The van der Waals surface area contributed by atoms with E-state index in [4.69, 9.17) is 4.74 Å². The average molecular weight is 480 g/mol. The molecule has 4 aromatic rings. The van der Waals surface area contributed by atoms with Crippen molar-refractivity contribution in [3.05, 3.63) is 94.7 Å². The van der Waals surface area contributed by atoms with Crippen LogP contribution in [0.1, 0.15) is 40.9 Å². The number of amides is 1. The number of carbonyl (C=O) groups excluding carboxylic acids is 1. The Kier molecular flexibility index (Phi) is 5.88. The molecular formula is C27H20F4N2O2. The Bertz CT molecular complexity index is 1470. The normalized spacial score (nSPS) is 14.9. The van der Waals surface area contributed by atoms with Crippen LogP contribution in [0.5, 0.6) is 5.75 Å². The molecule has 1 atom stereocenters. The molecule has 0 bridgehead atoms. The fourth-order valence-corrected chi connectivity index (χ4v) is 4.59. The highest BCUT2D eigenvalue weighted by Gasteiger charge is 2.26. The van der Waals surface area contributed by atoms with Crippen LogP contribution in [0.25, 0.3) is 22.0 Å². The average Bonchev–Trinajstić information content (AvgIpc) is 2.85. The molecule has 35 heavy (non-hydrogen) atoms. The maximum absolute atomic E-state index is 14.9. The van der Waals surface area contributed by atoms with Gasteiger partial charge >= 0.3 is 0 Å². The Labute approximate surface area is 198 Å². The lowest BCUT2D eigenvalue weighted by molar-refractivity contribution is 0.0923. The topological polar surface area (TPSA) is 51.2 Å². The first kappa shape index (κ1) is 22.8. The van der Waals surface area contributed by atoms with Crippen molar-refractivity contribution >= 4 is 16.8 Å². The van der Waals surface area contributed by atoms with Gasteiger partial charge in [0, 0.05) is 40.8 Å². The van der Waals surface area contributed by atoms with Crippen LogP contribution in [-0.2, 0) is 6.42 Å². The molecule has 1 amide bonds. The highest BCUT2D eigenvalue weighted by atomic mass is 19.2. The first-order valence-corrected chi connectivity index (χ1v) is 11.2. The third-order valence-corrected chi connectivity index (χ3v) is 6.22. The highest BCUT2D eigenvalue weighted by Crippen LogP contribution is 2.36. The van der Waals surface area contributed by atoms with E-state index in [2.05, 4.69) is 10.3 Å². The molecule has 1 aromatic heterocycles. The second kappa shape index (κ2) is 9.02. The maximum atomic E-state index is 14.9.